The van der Waals surface area contributed by atoms with E-state index in [0.29, 0.717) is 0 Å². The number of hydrogen-bond acceptors (Lipinski definition) is 5. The zero-order valence-corrected chi connectivity index (χ0v) is 12.7. The van der Waals surface area contributed by atoms with E-state index in [2.05, 4.69) is 0 Å². The van der Waals surface area contributed by atoms with Crippen molar-refractivity contribution in [3.8, 4) is 0 Å². The second-order valence-electron chi connectivity index (χ2n) is 5.60. The first-order valence-corrected chi connectivity index (χ1v) is 7.47. The highest BCUT2D eigenvalue weighted by Crippen LogP contribution is 2.30. The van der Waals surface area contributed by atoms with Gasteiger partial charge in [0, 0.05) is 12.3 Å². The number of halogens is 1. The van der Waals surface area contributed by atoms with Crippen molar-refractivity contribution in [3.63, 3.8) is 0 Å². The molecule has 1 aromatic heterocycles. The Morgan fingerprint density at radius 3 is 2.50 bits per heavy atom. The van der Waals surface area contributed by atoms with Gasteiger partial charge in [-0.1, -0.05) is 30.3 Å². The molecule has 128 valence electrons. The van der Waals surface area contributed by atoms with Crippen LogP contribution in [0.1, 0.15) is 11.8 Å². The van der Waals surface area contributed by atoms with Crippen LogP contribution in [-0.2, 0) is 11.3 Å². The van der Waals surface area contributed by atoms with E-state index in [4.69, 9.17) is 9.84 Å². The van der Waals surface area contributed by atoms with Gasteiger partial charge in [-0.2, -0.15) is 0 Å². The number of aliphatic hydroxyl groups excluding tert-OH is 2. The Balaban J connectivity index is 1.98. The van der Waals surface area contributed by atoms with Gasteiger partial charge in [-0.05, 0) is 5.56 Å². The molecule has 7 nitrogen and oxygen atoms in total. The molecule has 1 aromatic carbocycles. The van der Waals surface area contributed by atoms with E-state index in [0.717, 1.165) is 27.0 Å². The van der Waals surface area contributed by atoms with Crippen LogP contribution < -0.4 is 11.2 Å². The summed E-state index contributed by atoms with van der Waals surface area (Å²) in [5, 5.41) is 18.8. The summed E-state index contributed by atoms with van der Waals surface area (Å²) in [6.45, 7) is -0.536. The molecule has 0 radical (unpaired) electrons. The fraction of sp³-hybridized carbons (Fsp3) is 0.375. The first kappa shape index (κ1) is 16.6. The van der Waals surface area contributed by atoms with E-state index in [-0.39, 0.29) is 6.54 Å². The molecule has 0 bridgehead atoms. The van der Waals surface area contributed by atoms with Crippen LogP contribution in [-0.4, -0.2) is 44.3 Å². The number of alkyl halides is 1. The Morgan fingerprint density at radius 1 is 1.17 bits per heavy atom. The molecule has 24 heavy (non-hydrogen) atoms. The zero-order chi connectivity index (χ0) is 17.3. The van der Waals surface area contributed by atoms with Crippen molar-refractivity contribution < 1.29 is 19.3 Å². The molecule has 3 rings (SSSR count). The zero-order valence-electron chi connectivity index (χ0n) is 12.7. The Labute approximate surface area is 136 Å². The molecule has 0 saturated carbocycles. The van der Waals surface area contributed by atoms with E-state index in [1.165, 1.54) is 0 Å². The highest BCUT2D eigenvalue weighted by molar-refractivity contribution is 5.15. The van der Waals surface area contributed by atoms with Crippen molar-refractivity contribution in [3.05, 3.63) is 69.0 Å². The predicted octanol–water partition coefficient (Wildman–Crippen LogP) is -0.353. The van der Waals surface area contributed by atoms with Gasteiger partial charge in [-0.25, -0.2) is 9.18 Å². The number of nitrogens with zero attached hydrogens (tertiary/aromatic N) is 2. The summed E-state index contributed by atoms with van der Waals surface area (Å²) in [6.07, 6.45) is -4.81. The number of benzene rings is 1. The van der Waals surface area contributed by atoms with Gasteiger partial charge in [0.2, 0.25) is 0 Å². The van der Waals surface area contributed by atoms with E-state index < -0.39 is 42.5 Å². The Hall–Kier alpha value is -2.29. The standard InChI is InChI=1S/C16H17FN2O5/c17-13-14(22)11(9-20)24-15(13)18-7-6-12(21)19(16(18)23)8-10-4-2-1-3-5-10/h1-7,11,13-15,20,22H,8-9H2/t11-,13+,14+,15-/m0/s1. The number of rotatable bonds is 4. The summed E-state index contributed by atoms with van der Waals surface area (Å²) in [5.74, 6) is 0. The fourth-order valence-electron chi connectivity index (χ4n) is 2.72. The van der Waals surface area contributed by atoms with Crippen molar-refractivity contribution in [1.82, 2.24) is 9.13 Å². The average Bonchev–Trinajstić information content (AvgIpc) is 2.88. The Kier molecular flexibility index (Phi) is 4.61. The van der Waals surface area contributed by atoms with Gasteiger partial charge in [0.1, 0.15) is 12.2 Å². The summed E-state index contributed by atoms with van der Waals surface area (Å²) in [4.78, 5) is 24.6. The van der Waals surface area contributed by atoms with Crippen LogP contribution in [0.3, 0.4) is 0 Å². The predicted molar refractivity (Wildman–Crippen MR) is 82.4 cm³/mol. The molecule has 0 unspecified atom stereocenters. The molecule has 1 saturated heterocycles. The average molecular weight is 336 g/mol. The molecule has 2 N–H and O–H groups in total. The molecule has 1 aliphatic rings. The van der Waals surface area contributed by atoms with E-state index in [1.807, 2.05) is 6.07 Å². The maximum atomic E-state index is 14.2. The fourth-order valence-corrected chi connectivity index (χ4v) is 2.72. The molecule has 2 heterocycles. The summed E-state index contributed by atoms with van der Waals surface area (Å²) < 4.78 is 21.3. The van der Waals surface area contributed by atoms with Crippen molar-refractivity contribution in [2.75, 3.05) is 6.61 Å². The SMILES string of the molecule is O=c1ccn([C@H]2O[C@@H](CO)[C@@H](O)[C@H]2F)c(=O)n1Cc1ccccc1. The molecule has 2 aromatic rings. The normalized spacial score (nSPS) is 26.6. The second kappa shape index (κ2) is 6.68. The first-order chi connectivity index (χ1) is 11.5. The molecule has 8 heteroatoms. The van der Waals surface area contributed by atoms with Crippen LogP contribution in [0.25, 0.3) is 0 Å². The van der Waals surface area contributed by atoms with Crippen LogP contribution in [0, 0.1) is 0 Å². The third-order valence-corrected chi connectivity index (χ3v) is 4.03. The topological polar surface area (TPSA) is 93.7 Å². The lowest BCUT2D eigenvalue weighted by molar-refractivity contribution is -0.0496. The monoisotopic (exact) mass is 336 g/mol. The third kappa shape index (κ3) is 2.91. The lowest BCUT2D eigenvalue weighted by atomic mass is 10.1. The minimum atomic E-state index is -1.89. The lowest BCUT2D eigenvalue weighted by Crippen LogP contribution is -2.42. The maximum absolute atomic E-state index is 14.2. The number of hydrogen-bond donors (Lipinski definition) is 2. The summed E-state index contributed by atoms with van der Waals surface area (Å²) >= 11 is 0. The minimum absolute atomic E-state index is 0.0367. The smallest absolute Gasteiger partial charge is 0.333 e. The molecular formula is C16H17FN2O5. The molecule has 4 atom stereocenters. The molecular weight excluding hydrogens is 319 g/mol. The first-order valence-electron chi connectivity index (χ1n) is 7.47. The molecule has 0 amide bonds. The van der Waals surface area contributed by atoms with Gasteiger partial charge in [-0.3, -0.25) is 13.9 Å². The molecule has 1 aliphatic heterocycles. The largest absolute Gasteiger partial charge is 0.394 e. The quantitative estimate of drug-likeness (QED) is 0.796. The van der Waals surface area contributed by atoms with Crippen molar-refractivity contribution in [1.29, 1.82) is 0 Å². The van der Waals surface area contributed by atoms with Crippen LogP contribution in [0.15, 0.2) is 52.2 Å². The molecule has 0 spiro atoms. The van der Waals surface area contributed by atoms with Crippen molar-refractivity contribution in [2.24, 2.45) is 0 Å². The van der Waals surface area contributed by atoms with Gasteiger partial charge in [0.15, 0.2) is 12.4 Å². The van der Waals surface area contributed by atoms with Crippen LogP contribution in [0.5, 0.6) is 0 Å². The molecule has 1 fully saturated rings. The number of ether oxygens (including phenoxy) is 1. The summed E-state index contributed by atoms with van der Waals surface area (Å²) in [7, 11) is 0. The second-order valence-corrected chi connectivity index (χ2v) is 5.60. The number of aromatic nitrogens is 2. The highest BCUT2D eigenvalue weighted by atomic mass is 19.1. The molecule has 0 aliphatic carbocycles. The summed E-state index contributed by atoms with van der Waals surface area (Å²) in [5.41, 5.74) is -0.524. The number of aliphatic hydroxyl groups is 2. The Bertz CT molecular complexity index is 819. The van der Waals surface area contributed by atoms with E-state index in [1.54, 1.807) is 24.3 Å². The van der Waals surface area contributed by atoms with Gasteiger partial charge in [0.05, 0.1) is 13.2 Å². The van der Waals surface area contributed by atoms with Crippen molar-refractivity contribution >= 4 is 0 Å². The van der Waals surface area contributed by atoms with Gasteiger partial charge >= 0.3 is 5.69 Å². The maximum Gasteiger partial charge on any atom is 0.333 e. The summed E-state index contributed by atoms with van der Waals surface area (Å²) in [6, 6.07) is 10.0. The highest BCUT2D eigenvalue weighted by Gasteiger charge is 2.45. The minimum Gasteiger partial charge on any atom is -0.394 e. The van der Waals surface area contributed by atoms with E-state index in [9.17, 15) is 19.1 Å². The van der Waals surface area contributed by atoms with Crippen LogP contribution in [0.2, 0.25) is 0 Å². The van der Waals surface area contributed by atoms with E-state index >= 15 is 0 Å². The van der Waals surface area contributed by atoms with Crippen LogP contribution in [0.4, 0.5) is 4.39 Å². The Morgan fingerprint density at radius 2 is 1.88 bits per heavy atom. The van der Waals surface area contributed by atoms with Gasteiger partial charge in [-0.15, -0.1) is 0 Å². The van der Waals surface area contributed by atoms with Gasteiger partial charge in [0.25, 0.3) is 5.56 Å². The van der Waals surface area contributed by atoms with Crippen molar-refractivity contribution in [2.45, 2.75) is 31.2 Å². The van der Waals surface area contributed by atoms with Gasteiger partial charge < -0.3 is 14.9 Å². The third-order valence-electron chi connectivity index (χ3n) is 4.03. The van der Waals surface area contributed by atoms with Crippen LogP contribution >= 0.6 is 0 Å². The lowest BCUT2D eigenvalue weighted by Gasteiger charge is -2.17.